The molecule has 1 aromatic carbocycles. The number of quaternary nitrogens is 1. The molecule has 2 bridgehead atoms. The van der Waals surface area contributed by atoms with Crippen molar-refractivity contribution in [1.82, 2.24) is 0 Å². The van der Waals surface area contributed by atoms with Crippen LogP contribution in [0.25, 0.3) is 0 Å². The number of fused-ring (bicyclic) bond motifs is 2. The first kappa shape index (κ1) is 17.4. The second-order valence-electron chi connectivity index (χ2n) is 7.36. The van der Waals surface area contributed by atoms with Crippen molar-refractivity contribution in [3.63, 3.8) is 0 Å². The van der Waals surface area contributed by atoms with Crippen molar-refractivity contribution in [2.24, 2.45) is 0 Å². The molecule has 2 saturated heterocycles. The Bertz CT molecular complexity index is 578. The lowest BCUT2D eigenvalue weighted by molar-refractivity contribution is -0.949. The fourth-order valence-corrected chi connectivity index (χ4v) is 4.58. The average molecular weight is 334 g/mol. The minimum absolute atomic E-state index is 0.135. The van der Waals surface area contributed by atoms with Crippen molar-refractivity contribution in [1.29, 1.82) is 0 Å². The van der Waals surface area contributed by atoms with E-state index in [9.17, 15) is 15.0 Å². The summed E-state index contributed by atoms with van der Waals surface area (Å²) in [5.41, 5.74) is 0.776. The molecular formula is C19H28NO4+. The van der Waals surface area contributed by atoms with E-state index in [2.05, 4.69) is 14.0 Å². The summed E-state index contributed by atoms with van der Waals surface area (Å²) < 4.78 is 6.62. The van der Waals surface area contributed by atoms with E-state index >= 15 is 0 Å². The molecular weight excluding hydrogens is 306 g/mol. The van der Waals surface area contributed by atoms with Gasteiger partial charge in [-0.25, -0.2) is 0 Å². The highest BCUT2D eigenvalue weighted by Gasteiger charge is 2.56. The van der Waals surface area contributed by atoms with Gasteiger partial charge >= 0.3 is 5.97 Å². The fourth-order valence-electron chi connectivity index (χ4n) is 4.58. The summed E-state index contributed by atoms with van der Waals surface area (Å²) in [7, 11) is 2.20. The lowest BCUT2D eigenvalue weighted by Crippen LogP contribution is -2.60. The van der Waals surface area contributed by atoms with Gasteiger partial charge in [-0.15, -0.1) is 0 Å². The highest BCUT2D eigenvalue weighted by molar-refractivity contribution is 5.78. The van der Waals surface area contributed by atoms with E-state index in [0.29, 0.717) is 12.5 Å². The number of carbonyl (C=O) groups excluding carboxylic acids is 1. The molecule has 0 amide bonds. The number of rotatable bonds is 5. The average Bonchev–Trinajstić information content (AvgIpc) is 2.71. The number of aliphatic hydroxyl groups excluding tert-OH is 2. The molecule has 2 N–H and O–H groups in total. The Balaban J connectivity index is 1.68. The maximum atomic E-state index is 12.5. The smallest absolute Gasteiger partial charge is 0.316 e. The Kier molecular flexibility index (Phi) is 4.95. The summed E-state index contributed by atoms with van der Waals surface area (Å²) in [6.45, 7) is 2.88. The number of aliphatic hydroxyl groups is 2. The van der Waals surface area contributed by atoms with Crippen LogP contribution >= 0.6 is 0 Å². The Morgan fingerprint density at radius 3 is 2.58 bits per heavy atom. The summed E-state index contributed by atoms with van der Waals surface area (Å²) >= 11 is 0. The number of carbonyl (C=O) groups is 1. The molecule has 2 fully saturated rings. The van der Waals surface area contributed by atoms with Gasteiger partial charge in [-0.05, 0) is 12.5 Å². The molecule has 5 heteroatoms. The predicted octanol–water partition coefficient (Wildman–Crippen LogP) is 1.44. The minimum Gasteiger partial charge on any atom is -0.461 e. The number of hydrogen-bond donors (Lipinski definition) is 2. The maximum Gasteiger partial charge on any atom is 0.316 e. The fraction of sp³-hybridized carbons (Fsp3) is 0.632. The van der Waals surface area contributed by atoms with Gasteiger partial charge in [0.15, 0.2) is 0 Å². The molecule has 6 unspecified atom stereocenters. The molecule has 2 heterocycles. The van der Waals surface area contributed by atoms with Gasteiger partial charge < -0.3 is 19.4 Å². The third kappa shape index (κ3) is 2.96. The monoisotopic (exact) mass is 334 g/mol. The zero-order valence-corrected chi connectivity index (χ0v) is 14.5. The van der Waals surface area contributed by atoms with E-state index in [-0.39, 0.29) is 30.8 Å². The van der Waals surface area contributed by atoms with Gasteiger partial charge in [0, 0.05) is 19.3 Å². The van der Waals surface area contributed by atoms with E-state index in [0.717, 1.165) is 29.4 Å². The van der Waals surface area contributed by atoms with Crippen LogP contribution < -0.4 is 0 Å². The topological polar surface area (TPSA) is 66.8 Å². The molecule has 1 aromatic rings. The molecule has 2 aliphatic rings. The number of nitrogens with zero attached hydrogens (tertiary/aromatic N) is 1. The van der Waals surface area contributed by atoms with Crippen LogP contribution in [-0.2, 0) is 9.53 Å². The summed E-state index contributed by atoms with van der Waals surface area (Å²) in [5, 5.41) is 20.0. The molecule has 0 aromatic heterocycles. The molecule has 2 aliphatic heterocycles. The van der Waals surface area contributed by atoms with Crippen molar-refractivity contribution in [2.45, 2.75) is 56.4 Å². The van der Waals surface area contributed by atoms with Crippen molar-refractivity contribution in [2.75, 3.05) is 20.2 Å². The normalized spacial score (nSPS) is 36.3. The van der Waals surface area contributed by atoms with Crippen molar-refractivity contribution in [3.8, 4) is 0 Å². The molecule has 3 rings (SSSR count). The van der Waals surface area contributed by atoms with E-state index in [1.54, 1.807) is 0 Å². The Morgan fingerprint density at radius 1 is 1.29 bits per heavy atom. The molecule has 132 valence electrons. The number of ether oxygens (including phenoxy) is 1. The molecule has 0 radical (unpaired) electrons. The summed E-state index contributed by atoms with van der Waals surface area (Å²) in [6.07, 6.45) is 1.79. The Morgan fingerprint density at radius 2 is 2.00 bits per heavy atom. The van der Waals surface area contributed by atoms with Gasteiger partial charge in [0.1, 0.15) is 24.2 Å². The second kappa shape index (κ2) is 6.82. The number of benzene rings is 1. The largest absolute Gasteiger partial charge is 0.461 e. The van der Waals surface area contributed by atoms with Crippen LogP contribution in [0, 0.1) is 0 Å². The van der Waals surface area contributed by atoms with Gasteiger partial charge in [0.25, 0.3) is 0 Å². The van der Waals surface area contributed by atoms with E-state index in [4.69, 9.17) is 4.74 Å². The third-order valence-electron chi connectivity index (χ3n) is 6.22. The predicted molar refractivity (Wildman–Crippen MR) is 90.3 cm³/mol. The summed E-state index contributed by atoms with van der Waals surface area (Å²) in [5.74, 6) is -1.00. The van der Waals surface area contributed by atoms with Crippen molar-refractivity contribution < 1.29 is 24.2 Å². The van der Waals surface area contributed by atoms with Crippen molar-refractivity contribution in [3.05, 3.63) is 35.9 Å². The Hall–Kier alpha value is -1.43. The number of hydrogen-bond acceptors (Lipinski definition) is 4. The first-order chi connectivity index (χ1) is 11.5. The quantitative estimate of drug-likeness (QED) is 0.632. The van der Waals surface area contributed by atoms with Crippen LogP contribution in [-0.4, -0.2) is 65.2 Å². The van der Waals surface area contributed by atoms with Gasteiger partial charge in [-0.1, -0.05) is 30.3 Å². The molecule has 6 atom stereocenters. The van der Waals surface area contributed by atoms with Gasteiger partial charge in [0.2, 0.25) is 0 Å². The summed E-state index contributed by atoms with van der Waals surface area (Å²) in [4.78, 5) is 12.5. The maximum absolute atomic E-state index is 12.5. The zero-order chi connectivity index (χ0) is 17.3. The zero-order valence-electron chi connectivity index (χ0n) is 14.5. The van der Waals surface area contributed by atoms with Gasteiger partial charge in [-0.3, -0.25) is 4.79 Å². The highest BCUT2D eigenvalue weighted by Crippen LogP contribution is 2.42. The highest BCUT2D eigenvalue weighted by atomic mass is 16.5. The second-order valence-corrected chi connectivity index (χ2v) is 7.36. The van der Waals surface area contributed by atoms with Gasteiger partial charge in [0.05, 0.1) is 26.2 Å². The van der Waals surface area contributed by atoms with Crippen LogP contribution in [0.15, 0.2) is 30.3 Å². The van der Waals surface area contributed by atoms with Crippen molar-refractivity contribution >= 4 is 5.97 Å². The standard InChI is InChI=1S/C19H28NO4/c1-3-20(2)14-9-15(11-17(20)18(22)10-14)24-19(23)16(12-21)13-7-5-4-6-8-13/h4-8,14-18,21-22H,3,9-12H2,1-2H3/q+1. The van der Waals surface area contributed by atoms with E-state index in [1.165, 1.54) is 0 Å². The number of likely N-dealkylation sites (N-methyl/N-ethyl adjacent to an activating group) is 1. The first-order valence-corrected chi connectivity index (χ1v) is 8.88. The minimum atomic E-state index is -0.636. The van der Waals surface area contributed by atoms with Crippen LogP contribution in [0.4, 0.5) is 0 Å². The molecule has 0 spiro atoms. The van der Waals surface area contributed by atoms with Crippen LogP contribution in [0.1, 0.15) is 37.7 Å². The van der Waals surface area contributed by atoms with Crippen LogP contribution in [0.3, 0.4) is 0 Å². The van der Waals surface area contributed by atoms with E-state index < -0.39 is 5.92 Å². The Labute approximate surface area is 143 Å². The SMILES string of the molecule is CC[N+]1(C)C2CC(OC(=O)C(CO)c3ccccc3)CC1C(O)C2. The van der Waals surface area contributed by atoms with E-state index in [1.807, 2.05) is 30.3 Å². The third-order valence-corrected chi connectivity index (χ3v) is 6.22. The summed E-state index contributed by atoms with van der Waals surface area (Å²) in [6, 6.07) is 9.73. The first-order valence-electron chi connectivity index (χ1n) is 8.88. The van der Waals surface area contributed by atoms with Gasteiger partial charge in [-0.2, -0.15) is 0 Å². The number of piperidine rings is 1. The number of esters is 1. The molecule has 5 nitrogen and oxygen atoms in total. The molecule has 0 saturated carbocycles. The van der Waals surface area contributed by atoms with Crippen LogP contribution in [0.2, 0.25) is 0 Å². The lowest BCUT2D eigenvalue weighted by Gasteiger charge is -2.46. The molecule has 0 aliphatic carbocycles. The van der Waals surface area contributed by atoms with Crippen LogP contribution in [0.5, 0.6) is 0 Å². The molecule has 24 heavy (non-hydrogen) atoms. The lowest BCUT2D eigenvalue weighted by atomic mass is 9.95.